The van der Waals surface area contributed by atoms with Crippen LogP contribution in [0.5, 0.6) is 0 Å². The molecule has 0 aliphatic heterocycles. The molecule has 0 spiro atoms. The largest absolute Gasteiger partial charge is 0.337 e. The van der Waals surface area contributed by atoms with E-state index in [1.165, 1.54) is 5.56 Å². The van der Waals surface area contributed by atoms with Crippen LogP contribution in [0.25, 0.3) is 11.4 Å². The Bertz CT molecular complexity index is 809. The molecule has 0 aliphatic rings. The molecule has 7 heteroatoms. The van der Waals surface area contributed by atoms with Gasteiger partial charge in [-0.3, -0.25) is 9.48 Å². The van der Waals surface area contributed by atoms with E-state index >= 15 is 0 Å². The monoisotopic (exact) mass is 325 g/mol. The van der Waals surface area contributed by atoms with E-state index < -0.39 is 0 Å². The molecule has 3 aromatic rings. The van der Waals surface area contributed by atoms with Gasteiger partial charge in [-0.05, 0) is 12.0 Å². The molecular formula is C17H19N5O2. The first-order valence-electron chi connectivity index (χ1n) is 7.73. The van der Waals surface area contributed by atoms with Gasteiger partial charge >= 0.3 is 0 Å². The Morgan fingerprint density at radius 1 is 1.29 bits per heavy atom. The molecular weight excluding hydrogens is 306 g/mol. The zero-order valence-corrected chi connectivity index (χ0v) is 13.7. The van der Waals surface area contributed by atoms with Gasteiger partial charge < -0.3 is 9.42 Å². The average Bonchev–Trinajstić information content (AvgIpc) is 3.21. The fourth-order valence-corrected chi connectivity index (χ4v) is 2.39. The highest BCUT2D eigenvalue weighted by Crippen LogP contribution is 2.15. The summed E-state index contributed by atoms with van der Waals surface area (Å²) in [7, 11) is 1.82. The lowest BCUT2D eigenvalue weighted by molar-refractivity contribution is -0.129. The first kappa shape index (κ1) is 15.9. The number of aryl methyl sites for hydroxylation is 1. The summed E-state index contributed by atoms with van der Waals surface area (Å²) in [6, 6.07) is 10.1. The van der Waals surface area contributed by atoms with E-state index in [1.54, 1.807) is 22.7 Å². The van der Waals surface area contributed by atoms with Crippen molar-refractivity contribution in [1.82, 2.24) is 24.8 Å². The summed E-state index contributed by atoms with van der Waals surface area (Å²) < 4.78 is 6.94. The lowest BCUT2D eigenvalue weighted by Gasteiger charge is -2.18. The van der Waals surface area contributed by atoms with Crippen LogP contribution in [-0.4, -0.2) is 37.3 Å². The summed E-state index contributed by atoms with van der Waals surface area (Å²) in [6.45, 7) is 2.45. The Morgan fingerprint density at radius 3 is 2.75 bits per heavy atom. The highest BCUT2D eigenvalue weighted by Gasteiger charge is 2.16. The van der Waals surface area contributed by atoms with E-state index in [9.17, 15) is 4.79 Å². The summed E-state index contributed by atoms with van der Waals surface area (Å²) in [4.78, 5) is 17.9. The van der Waals surface area contributed by atoms with E-state index in [-0.39, 0.29) is 5.91 Å². The van der Waals surface area contributed by atoms with Crippen molar-refractivity contribution in [3.63, 3.8) is 0 Å². The molecule has 1 amide bonds. The maximum atomic E-state index is 11.9. The number of carbonyl (C=O) groups is 1. The number of hydrogen-bond donors (Lipinski definition) is 0. The summed E-state index contributed by atoms with van der Waals surface area (Å²) in [6.07, 6.45) is 4.27. The van der Waals surface area contributed by atoms with Gasteiger partial charge in [0.15, 0.2) is 0 Å². The lowest BCUT2D eigenvalue weighted by Crippen LogP contribution is -2.30. The minimum Gasteiger partial charge on any atom is -0.337 e. The topological polar surface area (TPSA) is 77.1 Å². The van der Waals surface area contributed by atoms with Gasteiger partial charge in [0, 0.05) is 26.7 Å². The van der Waals surface area contributed by atoms with Crippen molar-refractivity contribution in [2.75, 3.05) is 6.54 Å². The first-order chi connectivity index (χ1) is 11.6. The standard InChI is InChI=1S/C17H19N5O2/c1-13(23)22(9-8-14-6-4-3-5-7-14)12-16-19-17(20-24-16)15-10-18-21(2)11-15/h3-7,10-11H,8-9,12H2,1-2H3. The molecule has 3 rings (SSSR count). The van der Waals surface area contributed by atoms with E-state index in [4.69, 9.17) is 4.52 Å². The van der Waals surface area contributed by atoms with Gasteiger partial charge in [-0.2, -0.15) is 10.1 Å². The van der Waals surface area contributed by atoms with Gasteiger partial charge in [-0.1, -0.05) is 35.5 Å². The zero-order chi connectivity index (χ0) is 16.9. The van der Waals surface area contributed by atoms with Crippen molar-refractivity contribution in [1.29, 1.82) is 0 Å². The maximum absolute atomic E-state index is 11.9. The van der Waals surface area contributed by atoms with Crippen LogP contribution < -0.4 is 0 Å². The number of benzene rings is 1. The second-order valence-corrected chi connectivity index (χ2v) is 5.59. The molecule has 0 bridgehead atoms. The van der Waals surface area contributed by atoms with Crippen LogP contribution in [0.3, 0.4) is 0 Å². The van der Waals surface area contributed by atoms with Crippen molar-refractivity contribution >= 4 is 5.91 Å². The van der Waals surface area contributed by atoms with Crippen LogP contribution in [0.1, 0.15) is 18.4 Å². The highest BCUT2D eigenvalue weighted by molar-refractivity contribution is 5.73. The Kier molecular flexibility index (Phi) is 4.69. The Balaban J connectivity index is 1.65. The number of aromatic nitrogens is 4. The smallest absolute Gasteiger partial charge is 0.246 e. The number of amides is 1. The summed E-state index contributed by atoms with van der Waals surface area (Å²) in [5.41, 5.74) is 1.97. The van der Waals surface area contributed by atoms with Crippen LogP contribution >= 0.6 is 0 Å². The quantitative estimate of drug-likeness (QED) is 0.693. The lowest BCUT2D eigenvalue weighted by atomic mass is 10.1. The first-order valence-corrected chi connectivity index (χ1v) is 7.73. The van der Waals surface area contributed by atoms with Crippen molar-refractivity contribution in [2.24, 2.45) is 7.05 Å². The minimum absolute atomic E-state index is 0.0212. The van der Waals surface area contributed by atoms with Crippen LogP contribution in [0, 0.1) is 0 Å². The van der Waals surface area contributed by atoms with E-state index in [0.29, 0.717) is 24.8 Å². The molecule has 1 aromatic carbocycles. The Labute approximate surface area is 139 Å². The molecule has 7 nitrogen and oxygen atoms in total. The van der Waals surface area contributed by atoms with E-state index in [0.717, 1.165) is 12.0 Å². The number of nitrogens with zero attached hydrogens (tertiary/aromatic N) is 5. The zero-order valence-electron chi connectivity index (χ0n) is 13.7. The second kappa shape index (κ2) is 7.08. The molecule has 0 aliphatic carbocycles. The SMILES string of the molecule is CC(=O)N(CCc1ccccc1)Cc1nc(-c2cnn(C)c2)no1. The normalized spacial score (nSPS) is 10.8. The summed E-state index contributed by atoms with van der Waals surface area (Å²) in [5, 5.41) is 8.04. The molecule has 0 saturated carbocycles. The van der Waals surface area contributed by atoms with Gasteiger partial charge in [0.2, 0.25) is 17.6 Å². The summed E-state index contributed by atoms with van der Waals surface area (Å²) in [5.74, 6) is 0.869. The molecule has 0 radical (unpaired) electrons. The fourth-order valence-electron chi connectivity index (χ4n) is 2.39. The molecule has 2 aromatic heterocycles. The van der Waals surface area contributed by atoms with E-state index in [1.807, 2.05) is 43.6 Å². The molecule has 124 valence electrons. The number of hydrogen-bond acceptors (Lipinski definition) is 5. The molecule has 0 atom stereocenters. The molecule has 0 unspecified atom stereocenters. The molecule has 0 N–H and O–H groups in total. The van der Waals surface area contributed by atoms with Crippen molar-refractivity contribution in [3.8, 4) is 11.4 Å². The van der Waals surface area contributed by atoms with Gasteiger partial charge in [0.25, 0.3) is 0 Å². The van der Waals surface area contributed by atoms with Crippen LogP contribution in [0.2, 0.25) is 0 Å². The minimum atomic E-state index is -0.0212. The second-order valence-electron chi connectivity index (χ2n) is 5.59. The Hall–Kier alpha value is -2.96. The molecule has 2 heterocycles. The van der Waals surface area contributed by atoms with Gasteiger partial charge in [-0.15, -0.1) is 0 Å². The third-order valence-electron chi connectivity index (χ3n) is 3.72. The molecule has 0 fully saturated rings. The maximum Gasteiger partial charge on any atom is 0.246 e. The van der Waals surface area contributed by atoms with Crippen LogP contribution in [0.4, 0.5) is 0 Å². The molecule has 0 saturated heterocycles. The van der Waals surface area contributed by atoms with Crippen molar-refractivity contribution in [3.05, 3.63) is 54.2 Å². The van der Waals surface area contributed by atoms with Crippen molar-refractivity contribution < 1.29 is 9.32 Å². The molecule has 24 heavy (non-hydrogen) atoms. The van der Waals surface area contributed by atoms with E-state index in [2.05, 4.69) is 15.2 Å². The van der Waals surface area contributed by atoms with Crippen molar-refractivity contribution in [2.45, 2.75) is 19.9 Å². The average molecular weight is 325 g/mol. The highest BCUT2D eigenvalue weighted by atomic mass is 16.5. The Morgan fingerprint density at radius 2 is 2.08 bits per heavy atom. The van der Waals surface area contributed by atoms with Crippen LogP contribution in [0.15, 0.2) is 47.2 Å². The summed E-state index contributed by atoms with van der Waals surface area (Å²) >= 11 is 0. The van der Waals surface area contributed by atoms with Gasteiger partial charge in [0.05, 0.1) is 18.3 Å². The third-order valence-corrected chi connectivity index (χ3v) is 3.72. The van der Waals surface area contributed by atoms with Crippen LogP contribution in [-0.2, 0) is 24.8 Å². The number of carbonyl (C=O) groups excluding carboxylic acids is 1. The number of rotatable bonds is 6. The predicted molar refractivity (Wildman–Crippen MR) is 87.7 cm³/mol. The third kappa shape index (κ3) is 3.87. The predicted octanol–water partition coefficient (Wildman–Crippen LogP) is 2.06. The fraction of sp³-hybridized carbons (Fsp3) is 0.294. The van der Waals surface area contributed by atoms with Gasteiger partial charge in [-0.25, -0.2) is 0 Å². The van der Waals surface area contributed by atoms with Gasteiger partial charge in [0.1, 0.15) is 0 Å².